The van der Waals surface area contributed by atoms with Crippen molar-refractivity contribution in [3.8, 4) is 0 Å². The van der Waals surface area contributed by atoms with Gasteiger partial charge in [-0.15, -0.1) is 0 Å². The van der Waals surface area contributed by atoms with Crippen molar-refractivity contribution in [3.63, 3.8) is 0 Å². The minimum atomic E-state index is -0.826. The maximum absolute atomic E-state index is 11.2. The average Bonchev–Trinajstić information content (AvgIpc) is 3.46. The van der Waals surface area contributed by atoms with Crippen molar-refractivity contribution in [2.45, 2.75) is 110 Å². The van der Waals surface area contributed by atoms with Gasteiger partial charge in [0, 0.05) is 59.1 Å². The first-order valence-electron chi connectivity index (χ1n) is 13.8. The smallest absolute Gasteiger partial charge is 0.134 e. The summed E-state index contributed by atoms with van der Waals surface area (Å²) in [5.41, 5.74) is 9.99. The molecule has 0 spiro atoms. The van der Waals surface area contributed by atoms with Gasteiger partial charge >= 0.3 is 0 Å². The molecular weight excluding hydrogens is 422 g/mol. The van der Waals surface area contributed by atoms with E-state index in [-0.39, 0.29) is 0 Å². The van der Waals surface area contributed by atoms with E-state index in [1.165, 1.54) is 78.6 Å². The number of hydrogen-bond donors (Lipinski definition) is 3. The summed E-state index contributed by atoms with van der Waals surface area (Å²) in [6, 6.07) is 0. The van der Waals surface area contributed by atoms with Crippen LogP contribution in [-0.4, -0.2) is 31.8 Å². The Bertz CT molecular complexity index is 1030. The van der Waals surface area contributed by atoms with Gasteiger partial charge in [-0.25, -0.2) is 0 Å². The molecule has 4 aliphatic rings. The zero-order chi connectivity index (χ0) is 23.4. The summed E-state index contributed by atoms with van der Waals surface area (Å²) < 4.78 is 5.02. The van der Waals surface area contributed by atoms with E-state index in [9.17, 15) is 10.2 Å². The number of aliphatic hydroxyl groups is 2. The predicted molar refractivity (Wildman–Crippen MR) is 136 cm³/mol. The van der Waals surface area contributed by atoms with E-state index in [2.05, 4.69) is 40.7 Å². The second-order valence-corrected chi connectivity index (χ2v) is 11.6. The highest BCUT2D eigenvalue weighted by atomic mass is 16.3. The number of nitrogens with zero attached hydrogens (tertiary/aromatic N) is 2. The maximum Gasteiger partial charge on any atom is 0.134 e. The highest BCUT2D eigenvalue weighted by molar-refractivity contribution is 5.98. The van der Waals surface area contributed by atoms with Crippen LogP contribution in [0.3, 0.4) is 0 Å². The van der Waals surface area contributed by atoms with Crippen LogP contribution in [0.1, 0.15) is 92.4 Å². The van der Waals surface area contributed by atoms with E-state index in [0.29, 0.717) is 11.8 Å². The van der Waals surface area contributed by atoms with Crippen molar-refractivity contribution < 1.29 is 10.2 Å². The molecule has 2 aliphatic carbocycles. The summed E-state index contributed by atoms with van der Waals surface area (Å²) in [5, 5.41) is 25.4. The van der Waals surface area contributed by atoms with E-state index in [1.807, 2.05) is 0 Å². The SMILES string of the molecule is CC(C)CC1CCn2cc(c3c2CCCC3)C2=C(c3cn(c4c3CCCC4)CC1)C(O)NC2O. The van der Waals surface area contributed by atoms with Crippen molar-refractivity contribution in [3.05, 3.63) is 46.0 Å². The third kappa shape index (κ3) is 3.81. The van der Waals surface area contributed by atoms with E-state index in [4.69, 9.17) is 0 Å². The van der Waals surface area contributed by atoms with Gasteiger partial charge < -0.3 is 19.3 Å². The van der Waals surface area contributed by atoms with E-state index in [0.717, 1.165) is 49.9 Å². The van der Waals surface area contributed by atoms with Crippen LogP contribution in [-0.2, 0) is 38.8 Å². The fourth-order valence-corrected chi connectivity index (χ4v) is 7.37. The van der Waals surface area contributed by atoms with Gasteiger partial charge in [0.25, 0.3) is 0 Å². The minimum Gasteiger partial charge on any atom is -0.374 e. The second-order valence-electron chi connectivity index (χ2n) is 11.6. The Morgan fingerprint density at radius 2 is 1.26 bits per heavy atom. The molecule has 6 rings (SSSR count). The number of hydrogen-bond acceptors (Lipinski definition) is 3. The molecule has 2 unspecified atom stereocenters. The normalized spacial score (nSPS) is 27.0. The minimum absolute atomic E-state index is 0.714. The molecule has 2 aromatic heterocycles. The quantitative estimate of drug-likeness (QED) is 0.607. The van der Waals surface area contributed by atoms with E-state index >= 15 is 0 Å². The van der Waals surface area contributed by atoms with Gasteiger partial charge in [0.1, 0.15) is 12.5 Å². The molecule has 2 aliphatic heterocycles. The zero-order valence-corrected chi connectivity index (χ0v) is 20.9. The zero-order valence-electron chi connectivity index (χ0n) is 20.9. The van der Waals surface area contributed by atoms with Gasteiger partial charge in [-0.3, -0.25) is 5.32 Å². The molecule has 34 heavy (non-hydrogen) atoms. The van der Waals surface area contributed by atoms with Crippen LogP contribution in [0.4, 0.5) is 0 Å². The summed E-state index contributed by atoms with van der Waals surface area (Å²) in [6.45, 7) is 6.83. The molecule has 0 fully saturated rings. The van der Waals surface area contributed by atoms with Crippen LogP contribution in [0.2, 0.25) is 0 Å². The first-order valence-corrected chi connectivity index (χ1v) is 13.8. The molecule has 0 amide bonds. The predicted octanol–water partition coefficient (Wildman–Crippen LogP) is 4.65. The summed E-state index contributed by atoms with van der Waals surface area (Å²) >= 11 is 0. The molecular formula is C29H41N3O2. The Kier molecular flexibility index (Phi) is 5.99. The average molecular weight is 464 g/mol. The molecule has 4 heterocycles. The van der Waals surface area contributed by atoms with Crippen LogP contribution in [0.25, 0.3) is 11.1 Å². The molecule has 2 aromatic rings. The van der Waals surface area contributed by atoms with Crippen LogP contribution in [0, 0.1) is 11.8 Å². The number of fused-ring (bicyclic) bond motifs is 12. The lowest BCUT2D eigenvalue weighted by Crippen LogP contribution is -2.31. The first kappa shape index (κ1) is 22.6. The lowest BCUT2D eigenvalue weighted by atomic mass is 9.87. The molecule has 0 saturated carbocycles. The number of nitrogens with one attached hydrogen (secondary N) is 1. The standard InChI is InChI=1S/C29H41N3O2/c1-18(2)15-19-11-13-31-16-22(20-7-3-5-9-24(20)31)26-27(29(34)30-28(26)33)23-17-32(14-12-19)25-10-6-4-8-21(23)25/h16-19,28-30,33-34H,3-15H2,1-2H3. The summed E-state index contributed by atoms with van der Waals surface area (Å²) in [7, 11) is 0. The molecule has 184 valence electrons. The topological polar surface area (TPSA) is 62.3 Å². The molecule has 5 nitrogen and oxygen atoms in total. The van der Waals surface area contributed by atoms with Crippen molar-refractivity contribution >= 4 is 11.1 Å². The Balaban J connectivity index is 1.56. The number of aromatic nitrogens is 2. The van der Waals surface area contributed by atoms with Gasteiger partial charge in [0.05, 0.1) is 0 Å². The van der Waals surface area contributed by atoms with Gasteiger partial charge in [-0.05, 0) is 93.6 Å². The number of aryl methyl sites for hydroxylation is 2. The third-order valence-corrected chi connectivity index (χ3v) is 8.89. The Morgan fingerprint density at radius 1 is 0.794 bits per heavy atom. The van der Waals surface area contributed by atoms with Crippen molar-refractivity contribution in [1.82, 2.24) is 14.5 Å². The van der Waals surface area contributed by atoms with E-state index in [1.54, 1.807) is 0 Å². The monoisotopic (exact) mass is 463 g/mol. The van der Waals surface area contributed by atoms with Gasteiger partial charge in [-0.1, -0.05) is 13.8 Å². The van der Waals surface area contributed by atoms with Gasteiger partial charge in [0.2, 0.25) is 0 Å². The molecule has 3 N–H and O–H groups in total. The lowest BCUT2D eigenvalue weighted by Gasteiger charge is -2.23. The Labute approximate surface area is 203 Å². The van der Waals surface area contributed by atoms with Gasteiger partial charge in [0.15, 0.2) is 0 Å². The first-order chi connectivity index (χ1) is 16.5. The highest BCUT2D eigenvalue weighted by Gasteiger charge is 2.37. The summed E-state index contributed by atoms with van der Waals surface area (Å²) in [6.07, 6.45) is 16.0. The van der Waals surface area contributed by atoms with Crippen LogP contribution >= 0.6 is 0 Å². The molecule has 4 bridgehead atoms. The molecule has 0 aromatic carbocycles. The van der Waals surface area contributed by atoms with Crippen LogP contribution in [0.5, 0.6) is 0 Å². The van der Waals surface area contributed by atoms with Crippen LogP contribution < -0.4 is 5.32 Å². The summed E-state index contributed by atoms with van der Waals surface area (Å²) in [4.78, 5) is 0. The van der Waals surface area contributed by atoms with E-state index < -0.39 is 12.5 Å². The van der Waals surface area contributed by atoms with Crippen molar-refractivity contribution in [1.29, 1.82) is 0 Å². The van der Waals surface area contributed by atoms with Crippen LogP contribution in [0.15, 0.2) is 12.4 Å². The molecule has 0 radical (unpaired) electrons. The maximum atomic E-state index is 11.2. The number of aliphatic hydroxyl groups excluding tert-OH is 2. The lowest BCUT2D eigenvalue weighted by molar-refractivity contribution is 0.120. The molecule has 0 saturated heterocycles. The largest absolute Gasteiger partial charge is 0.374 e. The Morgan fingerprint density at radius 3 is 1.74 bits per heavy atom. The fraction of sp³-hybridized carbons (Fsp3) is 0.655. The fourth-order valence-electron chi connectivity index (χ4n) is 7.37. The Hall–Kier alpha value is -1.82. The summed E-state index contributed by atoms with van der Waals surface area (Å²) in [5.74, 6) is 1.43. The van der Waals surface area contributed by atoms with Crippen molar-refractivity contribution in [2.24, 2.45) is 11.8 Å². The number of rotatable bonds is 2. The van der Waals surface area contributed by atoms with Gasteiger partial charge in [-0.2, -0.15) is 0 Å². The highest BCUT2D eigenvalue weighted by Crippen LogP contribution is 2.43. The second kappa shape index (κ2) is 9.00. The third-order valence-electron chi connectivity index (χ3n) is 8.89. The molecule has 2 atom stereocenters. The molecule has 5 heteroatoms. The van der Waals surface area contributed by atoms with Crippen molar-refractivity contribution in [2.75, 3.05) is 0 Å².